The molecule has 0 unspecified atom stereocenters. The van der Waals surface area contributed by atoms with Crippen LogP contribution >= 0.6 is 0 Å². The fourth-order valence-corrected chi connectivity index (χ4v) is 3.44. The molecule has 2 rings (SSSR count). The Kier molecular flexibility index (Phi) is 9.18. The maximum absolute atomic E-state index is 12.3. The van der Waals surface area contributed by atoms with Crippen molar-refractivity contribution in [2.45, 2.75) is 70.8 Å². The predicted octanol–water partition coefficient (Wildman–Crippen LogP) is 3.73. The van der Waals surface area contributed by atoms with Crippen LogP contribution < -0.4 is 16.4 Å². The van der Waals surface area contributed by atoms with Crippen LogP contribution in [0.1, 0.15) is 69.8 Å². The van der Waals surface area contributed by atoms with E-state index in [-0.39, 0.29) is 17.7 Å². The number of benzene rings is 1. The molecule has 26 heavy (non-hydrogen) atoms. The van der Waals surface area contributed by atoms with E-state index < -0.39 is 0 Å². The van der Waals surface area contributed by atoms with Crippen LogP contribution in [-0.2, 0) is 16.1 Å². The molecule has 1 fully saturated rings. The van der Waals surface area contributed by atoms with Crippen molar-refractivity contribution >= 4 is 17.5 Å². The first kappa shape index (κ1) is 20.4. The molecule has 5 nitrogen and oxygen atoms in total. The van der Waals surface area contributed by atoms with Crippen molar-refractivity contribution in [2.24, 2.45) is 11.7 Å². The fraction of sp³-hybridized carbons (Fsp3) is 0.619. The summed E-state index contributed by atoms with van der Waals surface area (Å²) in [4.78, 5) is 24.3. The number of carbonyl (C=O) groups excluding carboxylic acids is 2. The minimum Gasteiger partial charge on any atom is -0.352 e. The summed E-state index contributed by atoms with van der Waals surface area (Å²) >= 11 is 0. The van der Waals surface area contributed by atoms with E-state index in [1.165, 1.54) is 6.42 Å². The molecule has 0 heterocycles. The number of hydrogen-bond acceptors (Lipinski definition) is 3. The third-order valence-corrected chi connectivity index (χ3v) is 5.02. The van der Waals surface area contributed by atoms with Gasteiger partial charge in [-0.1, -0.05) is 44.2 Å². The van der Waals surface area contributed by atoms with Gasteiger partial charge in [0, 0.05) is 24.6 Å². The molecule has 0 atom stereocenters. The Labute approximate surface area is 157 Å². The van der Waals surface area contributed by atoms with Crippen molar-refractivity contribution in [1.82, 2.24) is 5.32 Å². The summed E-state index contributed by atoms with van der Waals surface area (Å²) in [6.07, 6.45) is 10.2. The molecule has 1 aliphatic rings. The monoisotopic (exact) mass is 359 g/mol. The number of rotatable bonds is 10. The number of carbonyl (C=O) groups is 2. The SMILES string of the molecule is NCCCCCCC(=O)NCc1cccc(NC(=O)C2CCCCC2)c1. The molecular weight excluding hydrogens is 326 g/mol. The topological polar surface area (TPSA) is 84.2 Å². The summed E-state index contributed by atoms with van der Waals surface area (Å²) in [5.41, 5.74) is 7.28. The Morgan fingerprint density at radius 3 is 2.58 bits per heavy atom. The average Bonchev–Trinajstić information content (AvgIpc) is 2.67. The second-order valence-electron chi connectivity index (χ2n) is 7.25. The van der Waals surface area contributed by atoms with E-state index in [9.17, 15) is 9.59 Å². The van der Waals surface area contributed by atoms with Crippen molar-refractivity contribution in [2.75, 3.05) is 11.9 Å². The molecule has 1 aliphatic carbocycles. The molecule has 0 radical (unpaired) electrons. The van der Waals surface area contributed by atoms with Gasteiger partial charge in [0.1, 0.15) is 0 Å². The van der Waals surface area contributed by atoms with Gasteiger partial charge in [0.2, 0.25) is 11.8 Å². The molecule has 1 aromatic rings. The van der Waals surface area contributed by atoms with Gasteiger partial charge in [-0.05, 0) is 49.9 Å². The van der Waals surface area contributed by atoms with E-state index in [2.05, 4.69) is 10.6 Å². The van der Waals surface area contributed by atoms with Crippen molar-refractivity contribution in [3.63, 3.8) is 0 Å². The Morgan fingerprint density at radius 1 is 1.04 bits per heavy atom. The maximum Gasteiger partial charge on any atom is 0.227 e. The van der Waals surface area contributed by atoms with Crippen molar-refractivity contribution in [3.05, 3.63) is 29.8 Å². The normalized spacial score (nSPS) is 14.8. The molecule has 1 aromatic carbocycles. The van der Waals surface area contributed by atoms with Gasteiger partial charge in [-0.3, -0.25) is 9.59 Å². The molecule has 0 saturated heterocycles. The smallest absolute Gasteiger partial charge is 0.227 e. The summed E-state index contributed by atoms with van der Waals surface area (Å²) in [7, 11) is 0. The van der Waals surface area contributed by atoms with Crippen LogP contribution in [0.3, 0.4) is 0 Å². The fourth-order valence-electron chi connectivity index (χ4n) is 3.44. The molecule has 0 bridgehead atoms. The van der Waals surface area contributed by atoms with E-state index in [0.717, 1.165) is 69.2 Å². The van der Waals surface area contributed by atoms with Gasteiger partial charge in [-0.2, -0.15) is 0 Å². The van der Waals surface area contributed by atoms with E-state index in [1.54, 1.807) is 0 Å². The third-order valence-electron chi connectivity index (χ3n) is 5.02. The van der Waals surface area contributed by atoms with E-state index in [0.29, 0.717) is 13.0 Å². The maximum atomic E-state index is 12.3. The molecule has 0 aromatic heterocycles. The first-order valence-corrected chi connectivity index (χ1v) is 10.1. The minimum absolute atomic E-state index is 0.0781. The van der Waals surface area contributed by atoms with Gasteiger partial charge in [0.05, 0.1) is 0 Å². The largest absolute Gasteiger partial charge is 0.352 e. The van der Waals surface area contributed by atoms with Crippen LogP contribution in [0.5, 0.6) is 0 Å². The number of nitrogens with one attached hydrogen (secondary N) is 2. The number of nitrogens with two attached hydrogens (primary N) is 1. The summed E-state index contributed by atoms with van der Waals surface area (Å²) in [5, 5.41) is 5.99. The number of unbranched alkanes of at least 4 members (excludes halogenated alkanes) is 3. The Morgan fingerprint density at radius 2 is 1.81 bits per heavy atom. The quantitative estimate of drug-likeness (QED) is 0.557. The highest BCUT2D eigenvalue weighted by Crippen LogP contribution is 2.25. The van der Waals surface area contributed by atoms with E-state index >= 15 is 0 Å². The molecule has 0 spiro atoms. The van der Waals surface area contributed by atoms with Gasteiger partial charge < -0.3 is 16.4 Å². The van der Waals surface area contributed by atoms with Crippen molar-refractivity contribution < 1.29 is 9.59 Å². The lowest BCUT2D eigenvalue weighted by Crippen LogP contribution is -2.25. The molecular formula is C21H33N3O2. The van der Waals surface area contributed by atoms with Gasteiger partial charge in [-0.15, -0.1) is 0 Å². The zero-order valence-electron chi connectivity index (χ0n) is 15.8. The highest BCUT2D eigenvalue weighted by atomic mass is 16.2. The molecule has 2 amide bonds. The third kappa shape index (κ3) is 7.56. The second-order valence-corrected chi connectivity index (χ2v) is 7.25. The van der Waals surface area contributed by atoms with Crippen molar-refractivity contribution in [1.29, 1.82) is 0 Å². The number of amides is 2. The minimum atomic E-state index is 0.0781. The molecule has 144 valence electrons. The Hall–Kier alpha value is -1.88. The van der Waals surface area contributed by atoms with Crippen LogP contribution in [0.15, 0.2) is 24.3 Å². The van der Waals surface area contributed by atoms with Crippen LogP contribution in [0, 0.1) is 5.92 Å². The molecule has 1 saturated carbocycles. The lowest BCUT2D eigenvalue weighted by molar-refractivity contribution is -0.121. The Balaban J connectivity index is 1.72. The van der Waals surface area contributed by atoms with Crippen LogP contribution in [0.4, 0.5) is 5.69 Å². The number of hydrogen-bond donors (Lipinski definition) is 3. The van der Waals surface area contributed by atoms with Gasteiger partial charge in [0.25, 0.3) is 0 Å². The summed E-state index contributed by atoms with van der Waals surface area (Å²) in [5.74, 6) is 0.351. The van der Waals surface area contributed by atoms with Crippen LogP contribution in [0.2, 0.25) is 0 Å². The lowest BCUT2D eigenvalue weighted by Gasteiger charge is -2.20. The molecule has 4 N–H and O–H groups in total. The number of anilines is 1. The van der Waals surface area contributed by atoms with Gasteiger partial charge in [-0.25, -0.2) is 0 Å². The highest BCUT2D eigenvalue weighted by molar-refractivity contribution is 5.92. The predicted molar refractivity (Wildman–Crippen MR) is 106 cm³/mol. The zero-order chi connectivity index (χ0) is 18.6. The zero-order valence-corrected chi connectivity index (χ0v) is 15.8. The molecule has 5 heteroatoms. The first-order valence-electron chi connectivity index (χ1n) is 10.1. The average molecular weight is 360 g/mol. The van der Waals surface area contributed by atoms with E-state index in [4.69, 9.17) is 5.73 Å². The summed E-state index contributed by atoms with van der Waals surface area (Å²) < 4.78 is 0. The second kappa shape index (κ2) is 11.7. The van der Waals surface area contributed by atoms with E-state index in [1.807, 2.05) is 24.3 Å². The lowest BCUT2D eigenvalue weighted by atomic mass is 9.88. The van der Waals surface area contributed by atoms with Crippen molar-refractivity contribution in [3.8, 4) is 0 Å². The van der Waals surface area contributed by atoms with Gasteiger partial charge in [0.15, 0.2) is 0 Å². The first-order chi connectivity index (χ1) is 12.7. The molecule has 0 aliphatic heterocycles. The van der Waals surface area contributed by atoms with Gasteiger partial charge >= 0.3 is 0 Å². The summed E-state index contributed by atoms with van der Waals surface area (Å²) in [6, 6.07) is 7.74. The Bertz CT molecular complexity index is 568. The highest BCUT2D eigenvalue weighted by Gasteiger charge is 2.21. The van der Waals surface area contributed by atoms with Crippen LogP contribution in [-0.4, -0.2) is 18.4 Å². The van der Waals surface area contributed by atoms with Crippen LogP contribution in [0.25, 0.3) is 0 Å². The summed E-state index contributed by atoms with van der Waals surface area (Å²) in [6.45, 7) is 1.22. The standard InChI is InChI=1S/C21H33N3O2/c22-14-7-2-1-6-13-20(25)23-16-17-9-8-12-19(15-17)24-21(26)18-10-4-3-5-11-18/h8-9,12,15,18H,1-7,10-11,13-14,16,22H2,(H,23,25)(H,24,26).